The van der Waals surface area contributed by atoms with E-state index in [-0.39, 0.29) is 17.2 Å². The van der Waals surface area contributed by atoms with E-state index in [1.54, 1.807) is 44.4 Å². The second-order valence-electron chi connectivity index (χ2n) is 6.83. The van der Waals surface area contributed by atoms with Crippen LogP contribution in [0.4, 0.5) is 10.1 Å². The number of methoxy groups -OCH3 is 1. The lowest BCUT2D eigenvalue weighted by molar-refractivity contribution is -0.113. The fourth-order valence-corrected chi connectivity index (χ4v) is 3.85. The van der Waals surface area contributed by atoms with E-state index in [4.69, 9.17) is 4.74 Å². The normalized spacial score (nSPS) is 11.6. The van der Waals surface area contributed by atoms with Gasteiger partial charge in [0, 0.05) is 18.3 Å². The third kappa shape index (κ3) is 5.64. The molecule has 1 aromatic heterocycles. The van der Waals surface area contributed by atoms with Gasteiger partial charge in [-0.3, -0.25) is 9.59 Å². The van der Waals surface area contributed by atoms with Crippen LogP contribution < -0.4 is 15.4 Å². The maximum absolute atomic E-state index is 13.9. The first-order chi connectivity index (χ1) is 15.4. The summed E-state index contributed by atoms with van der Waals surface area (Å²) in [6.45, 7) is 4.21. The number of aromatic nitrogens is 3. The number of thioether (sulfide) groups is 1. The molecule has 168 valence electrons. The van der Waals surface area contributed by atoms with Gasteiger partial charge in [0.15, 0.2) is 11.0 Å². The van der Waals surface area contributed by atoms with E-state index < -0.39 is 17.8 Å². The Kier molecular flexibility index (Phi) is 7.82. The molecule has 0 saturated heterocycles. The van der Waals surface area contributed by atoms with Crippen molar-refractivity contribution in [2.75, 3.05) is 18.2 Å². The van der Waals surface area contributed by atoms with Crippen molar-refractivity contribution in [2.45, 2.75) is 31.6 Å². The number of hydrogen-bond donors (Lipinski definition) is 2. The number of anilines is 1. The fourth-order valence-electron chi connectivity index (χ4n) is 3.04. The summed E-state index contributed by atoms with van der Waals surface area (Å²) in [5, 5.41) is 14.5. The van der Waals surface area contributed by atoms with Crippen LogP contribution in [0.25, 0.3) is 0 Å². The third-order valence-corrected chi connectivity index (χ3v) is 5.57. The fraction of sp³-hybridized carbons (Fsp3) is 0.273. The number of rotatable bonds is 9. The summed E-state index contributed by atoms with van der Waals surface area (Å²) in [7, 11) is 1.56. The van der Waals surface area contributed by atoms with Gasteiger partial charge in [-0.25, -0.2) is 4.39 Å². The smallest absolute Gasteiger partial charge is 0.254 e. The number of amides is 2. The summed E-state index contributed by atoms with van der Waals surface area (Å²) in [6.07, 6.45) is 0. The minimum Gasteiger partial charge on any atom is -0.497 e. The summed E-state index contributed by atoms with van der Waals surface area (Å²) < 4.78 is 20.8. The van der Waals surface area contributed by atoms with Crippen molar-refractivity contribution in [1.82, 2.24) is 20.1 Å². The molecule has 2 amide bonds. The summed E-state index contributed by atoms with van der Waals surface area (Å²) in [4.78, 5) is 24.8. The molecular weight excluding hydrogens is 433 g/mol. The van der Waals surface area contributed by atoms with Gasteiger partial charge in [0.1, 0.15) is 11.6 Å². The van der Waals surface area contributed by atoms with Crippen LogP contribution in [0.5, 0.6) is 5.75 Å². The van der Waals surface area contributed by atoms with Crippen LogP contribution in [0.3, 0.4) is 0 Å². The number of nitrogens with one attached hydrogen (secondary N) is 2. The molecule has 0 aliphatic carbocycles. The summed E-state index contributed by atoms with van der Waals surface area (Å²) in [5.41, 5.74) is 0.600. The molecule has 8 nitrogen and oxygen atoms in total. The zero-order valence-corrected chi connectivity index (χ0v) is 18.8. The molecule has 3 rings (SSSR count). The highest BCUT2D eigenvalue weighted by Crippen LogP contribution is 2.22. The Morgan fingerprint density at radius 1 is 1.19 bits per heavy atom. The Morgan fingerprint density at radius 3 is 2.69 bits per heavy atom. The zero-order valence-electron chi connectivity index (χ0n) is 18.0. The van der Waals surface area contributed by atoms with Crippen LogP contribution in [0.1, 0.15) is 36.1 Å². The van der Waals surface area contributed by atoms with Crippen LogP contribution in [0, 0.1) is 5.82 Å². The third-order valence-electron chi connectivity index (χ3n) is 4.60. The van der Waals surface area contributed by atoms with Gasteiger partial charge < -0.3 is 19.9 Å². The zero-order chi connectivity index (χ0) is 23.1. The number of carbonyl (C=O) groups is 2. The van der Waals surface area contributed by atoms with Crippen LogP contribution in [0.2, 0.25) is 0 Å². The Bertz CT molecular complexity index is 1100. The van der Waals surface area contributed by atoms with Crippen LogP contribution >= 0.6 is 11.8 Å². The van der Waals surface area contributed by atoms with Crippen molar-refractivity contribution in [2.24, 2.45) is 0 Å². The highest BCUT2D eigenvalue weighted by atomic mass is 32.2. The van der Waals surface area contributed by atoms with Gasteiger partial charge in [-0.2, -0.15) is 0 Å². The first kappa shape index (κ1) is 23.3. The molecule has 0 aliphatic rings. The molecule has 2 N–H and O–H groups in total. The van der Waals surface area contributed by atoms with Crippen molar-refractivity contribution in [3.8, 4) is 5.75 Å². The first-order valence-electron chi connectivity index (χ1n) is 9.98. The lowest BCUT2D eigenvalue weighted by Crippen LogP contribution is -2.29. The molecule has 1 atom stereocenters. The second-order valence-corrected chi connectivity index (χ2v) is 7.77. The van der Waals surface area contributed by atoms with Crippen molar-refractivity contribution in [3.05, 3.63) is 65.7 Å². The topological polar surface area (TPSA) is 98.1 Å². The van der Waals surface area contributed by atoms with E-state index in [2.05, 4.69) is 20.8 Å². The number of hydrogen-bond acceptors (Lipinski definition) is 6. The van der Waals surface area contributed by atoms with E-state index in [1.807, 2.05) is 11.5 Å². The largest absolute Gasteiger partial charge is 0.497 e. The molecule has 0 bridgehead atoms. The van der Waals surface area contributed by atoms with Crippen molar-refractivity contribution >= 4 is 29.3 Å². The first-order valence-corrected chi connectivity index (χ1v) is 11.0. The van der Waals surface area contributed by atoms with Gasteiger partial charge in [-0.15, -0.1) is 10.2 Å². The summed E-state index contributed by atoms with van der Waals surface area (Å²) in [5.74, 6) is -0.0206. The van der Waals surface area contributed by atoms with Gasteiger partial charge in [-0.1, -0.05) is 30.0 Å². The van der Waals surface area contributed by atoms with Crippen molar-refractivity contribution in [1.29, 1.82) is 0 Å². The molecule has 3 aromatic rings. The number of ether oxygens (including phenoxy) is 1. The highest BCUT2D eigenvalue weighted by molar-refractivity contribution is 7.99. The Morgan fingerprint density at radius 2 is 1.97 bits per heavy atom. The van der Waals surface area contributed by atoms with Crippen LogP contribution in [-0.2, 0) is 11.3 Å². The lowest BCUT2D eigenvalue weighted by Gasteiger charge is -2.15. The van der Waals surface area contributed by atoms with E-state index in [1.165, 1.54) is 30.0 Å². The van der Waals surface area contributed by atoms with Gasteiger partial charge in [0.2, 0.25) is 5.91 Å². The van der Waals surface area contributed by atoms with E-state index >= 15 is 0 Å². The number of halogens is 1. The maximum atomic E-state index is 13.9. The monoisotopic (exact) mass is 457 g/mol. The molecule has 0 fully saturated rings. The number of benzene rings is 2. The molecule has 0 spiro atoms. The maximum Gasteiger partial charge on any atom is 0.254 e. The average molecular weight is 458 g/mol. The van der Waals surface area contributed by atoms with E-state index in [0.29, 0.717) is 29.0 Å². The van der Waals surface area contributed by atoms with Crippen LogP contribution in [-0.4, -0.2) is 39.4 Å². The quantitative estimate of drug-likeness (QED) is 0.476. The molecule has 0 aliphatic heterocycles. The Labute approximate surface area is 189 Å². The molecule has 32 heavy (non-hydrogen) atoms. The molecular formula is C22H24FN5O3S. The summed E-state index contributed by atoms with van der Waals surface area (Å²) in [6, 6.07) is 12.4. The predicted octanol–water partition coefficient (Wildman–Crippen LogP) is 3.67. The van der Waals surface area contributed by atoms with Gasteiger partial charge >= 0.3 is 0 Å². The van der Waals surface area contributed by atoms with Crippen molar-refractivity contribution in [3.63, 3.8) is 0 Å². The molecule has 2 aromatic carbocycles. The SMILES string of the molecule is CCn1c(SCC(=O)Nc2cccc(OC)c2)nnc1C(C)NC(=O)c1ccccc1F. The van der Waals surface area contributed by atoms with Gasteiger partial charge in [0.05, 0.1) is 24.5 Å². The molecule has 1 unspecified atom stereocenters. The number of carbonyl (C=O) groups excluding carboxylic acids is 2. The minimum absolute atomic E-state index is 0.0364. The van der Waals surface area contributed by atoms with Crippen LogP contribution in [0.15, 0.2) is 53.7 Å². The van der Waals surface area contributed by atoms with E-state index in [9.17, 15) is 14.0 Å². The second kappa shape index (κ2) is 10.8. The highest BCUT2D eigenvalue weighted by Gasteiger charge is 2.21. The molecule has 1 heterocycles. The predicted molar refractivity (Wildman–Crippen MR) is 120 cm³/mol. The molecule has 0 saturated carbocycles. The number of nitrogens with zero attached hydrogens (tertiary/aromatic N) is 3. The Hall–Kier alpha value is -3.40. The summed E-state index contributed by atoms with van der Waals surface area (Å²) >= 11 is 1.24. The standard InChI is InChI=1S/C22H24FN5O3S/c1-4-28-20(14(2)24-21(30)17-10-5-6-11-18(17)23)26-27-22(28)32-13-19(29)25-15-8-7-9-16(12-15)31-3/h5-12,14H,4,13H2,1-3H3,(H,24,30)(H,25,29). The minimum atomic E-state index is -0.590. The molecule has 10 heteroatoms. The van der Waals surface area contributed by atoms with Gasteiger partial charge in [0.25, 0.3) is 5.91 Å². The Balaban J connectivity index is 1.63. The molecule has 0 radical (unpaired) electrons. The van der Waals surface area contributed by atoms with Crippen molar-refractivity contribution < 1.29 is 18.7 Å². The van der Waals surface area contributed by atoms with E-state index in [0.717, 1.165) is 0 Å². The average Bonchev–Trinajstić information content (AvgIpc) is 3.21. The lowest BCUT2D eigenvalue weighted by atomic mass is 10.2. The van der Waals surface area contributed by atoms with Gasteiger partial charge in [-0.05, 0) is 38.1 Å².